The minimum atomic E-state index is -3.41. The van der Waals surface area contributed by atoms with Crippen LogP contribution in [-0.4, -0.2) is 56.2 Å². The molecule has 0 spiro atoms. The smallest absolute Gasteiger partial charge is 0.281 e. The van der Waals surface area contributed by atoms with Gasteiger partial charge in [-0.1, -0.05) is 6.07 Å². The first kappa shape index (κ1) is 16.9. The van der Waals surface area contributed by atoms with Crippen molar-refractivity contribution < 1.29 is 17.6 Å². The molecule has 6 nitrogen and oxygen atoms in total. The molecule has 0 unspecified atom stereocenters. The largest absolute Gasteiger partial charge is 0.349 e. The van der Waals surface area contributed by atoms with Crippen molar-refractivity contribution in [2.24, 2.45) is 0 Å². The highest BCUT2D eigenvalue weighted by Gasteiger charge is 2.30. The van der Waals surface area contributed by atoms with E-state index in [-0.39, 0.29) is 17.5 Å². The summed E-state index contributed by atoms with van der Waals surface area (Å²) in [5.74, 6) is -0.798. The molecule has 0 radical (unpaired) electrons. The number of nitrogens with one attached hydrogen (secondary N) is 1. The molecule has 0 aliphatic carbocycles. The van der Waals surface area contributed by atoms with Crippen molar-refractivity contribution in [3.63, 3.8) is 0 Å². The van der Waals surface area contributed by atoms with Crippen molar-refractivity contribution >= 4 is 16.1 Å². The molecule has 1 aliphatic heterocycles. The SMILES string of the molecule is CN(C)S(=O)(=O)N1CCC(NC(=O)c2cccc(F)c2)CC1. The maximum absolute atomic E-state index is 13.1. The van der Waals surface area contributed by atoms with Crippen LogP contribution >= 0.6 is 0 Å². The van der Waals surface area contributed by atoms with Gasteiger partial charge >= 0.3 is 0 Å². The molecule has 1 N–H and O–H groups in total. The van der Waals surface area contributed by atoms with Gasteiger partial charge in [-0.05, 0) is 31.0 Å². The van der Waals surface area contributed by atoms with Crippen LogP contribution in [0.3, 0.4) is 0 Å². The van der Waals surface area contributed by atoms with Crippen LogP contribution in [0, 0.1) is 5.82 Å². The molecule has 1 aromatic rings. The molecule has 1 saturated heterocycles. The Morgan fingerprint density at radius 2 is 1.95 bits per heavy atom. The molecular weight excluding hydrogens is 309 g/mol. The lowest BCUT2D eigenvalue weighted by molar-refractivity contribution is 0.0923. The van der Waals surface area contributed by atoms with E-state index in [0.717, 1.165) is 0 Å². The van der Waals surface area contributed by atoms with Crippen LogP contribution in [-0.2, 0) is 10.2 Å². The van der Waals surface area contributed by atoms with E-state index in [4.69, 9.17) is 0 Å². The third-order valence-electron chi connectivity index (χ3n) is 3.66. The zero-order valence-electron chi connectivity index (χ0n) is 12.6. The fraction of sp³-hybridized carbons (Fsp3) is 0.500. The average Bonchev–Trinajstić information content (AvgIpc) is 2.47. The summed E-state index contributed by atoms with van der Waals surface area (Å²) < 4.78 is 39.7. The molecular formula is C14H20FN3O3S. The molecule has 1 amide bonds. The Labute approximate surface area is 130 Å². The number of amides is 1. The lowest BCUT2D eigenvalue weighted by Gasteiger charge is -2.33. The summed E-state index contributed by atoms with van der Waals surface area (Å²) in [5.41, 5.74) is 0.267. The zero-order valence-corrected chi connectivity index (χ0v) is 13.4. The van der Waals surface area contributed by atoms with Crippen LogP contribution < -0.4 is 5.32 Å². The summed E-state index contributed by atoms with van der Waals surface area (Å²) in [5, 5.41) is 2.82. The Balaban J connectivity index is 1.92. The van der Waals surface area contributed by atoms with E-state index in [1.54, 1.807) is 6.07 Å². The van der Waals surface area contributed by atoms with Gasteiger partial charge in [0.15, 0.2) is 0 Å². The topological polar surface area (TPSA) is 69.7 Å². The highest BCUT2D eigenvalue weighted by molar-refractivity contribution is 7.86. The van der Waals surface area contributed by atoms with Gasteiger partial charge in [0.05, 0.1) is 0 Å². The first-order valence-corrected chi connectivity index (χ1v) is 8.44. The van der Waals surface area contributed by atoms with Crippen molar-refractivity contribution in [3.8, 4) is 0 Å². The third kappa shape index (κ3) is 3.82. The molecule has 1 heterocycles. The van der Waals surface area contributed by atoms with Gasteiger partial charge in [0.2, 0.25) is 0 Å². The number of nitrogens with zero attached hydrogens (tertiary/aromatic N) is 2. The van der Waals surface area contributed by atoms with E-state index < -0.39 is 16.0 Å². The highest BCUT2D eigenvalue weighted by Crippen LogP contribution is 2.16. The van der Waals surface area contributed by atoms with Crippen molar-refractivity contribution in [1.29, 1.82) is 0 Å². The predicted octanol–water partition coefficient (Wildman–Crippen LogP) is 0.826. The Hall–Kier alpha value is -1.51. The minimum absolute atomic E-state index is 0.107. The number of carbonyl (C=O) groups is 1. The van der Waals surface area contributed by atoms with Crippen LogP contribution in [0.15, 0.2) is 24.3 Å². The molecule has 22 heavy (non-hydrogen) atoms. The summed E-state index contributed by atoms with van der Waals surface area (Å²) >= 11 is 0. The molecule has 0 atom stereocenters. The molecule has 1 aliphatic rings. The summed E-state index contributed by atoms with van der Waals surface area (Å²) in [4.78, 5) is 12.0. The molecule has 0 bridgehead atoms. The zero-order chi connectivity index (χ0) is 16.3. The van der Waals surface area contributed by atoms with Crippen LogP contribution in [0.5, 0.6) is 0 Å². The van der Waals surface area contributed by atoms with Gasteiger partial charge in [-0.15, -0.1) is 0 Å². The van der Waals surface area contributed by atoms with Gasteiger partial charge in [-0.25, -0.2) is 4.39 Å². The van der Waals surface area contributed by atoms with Gasteiger partial charge in [0.1, 0.15) is 5.82 Å². The van der Waals surface area contributed by atoms with Gasteiger partial charge in [0, 0.05) is 38.8 Å². The Kier molecular flexibility index (Phi) is 5.15. The molecule has 0 saturated carbocycles. The van der Waals surface area contributed by atoms with Crippen LogP contribution in [0.25, 0.3) is 0 Å². The summed E-state index contributed by atoms with van der Waals surface area (Å²) in [6.07, 6.45) is 1.07. The maximum atomic E-state index is 13.1. The number of carbonyl (C=O) groups excluding carboxylic acids is 1. The van der Waals surface area contributed by atoms with Gasteiger partial charge in [-0.3, -0.25) is 4.79 Å². The number of hydrogen-bond donors (Lipinski definition) is 1. The van der Waals surface area contributed by atoms with E-state index in [2.05, 4.69) is 5.32 Å². The van der Waals surface area contributed by atoms with E-state index in [0.29, 0.717) is 25.9 Å². The molecule has 122 valence electrons. The lowest BCUT2D eigenvalue weighted by atomic mass is 10.1. The second-order valence-corrected chi connectivity index (χ2v) is 7.59. The molecule has 8 heteroatoms. The third-order valence-corrected chi connectivity index (χ3v) is 5.60. The number of rotatable bonds is 4. The van der Waals surface area contributed by atoms with Crippen molar-refractivity contribution in [1.82, 2.24) is 13.9 Å². The second kappa shape index (κ2) is 6.72. The first-order chi connectivity index (χ1) is 10.3. The van der Waals surface area contributed by atoms with Gasteiger partial charge in [-0.2, -0.15) is 17.0 Å². The summed E-state index contributed by atoms with van der Waals surface area (Å²) in [6, 6.07) is 5.38. The van der Waals surface area contributed by atoms with E-state index >= 15 is 0 Å². The van der Waals surface area contributed by atoms with Crippen LogP contribution in [0.2, 0.25) is 0 Å². The molecule has 1 fully saturated rings. The van der Waals surface area contributed by atoms with Crippen molar-refractivity contribution in [2.75, 3.05) is 27.2 Å². The average molecular weight is 329 g/mol. The second-order valence-electron chi connectivity index (χ2n) is 5.45. The number of halogens is 1. The number of piperidine rings is 1. The fourth-order valence-corrected chi connectivity index (χ4v) is 3.49. The molecule has 0 aromatic heterocycles. The first-order valence-electron chi connectivity index (χ1n) is 7.05. The standard InChI is InChI=1S/C14H20FN3O3S/c1-17(2)22(20,21)18-8-6-13(7-9-18)16-14(19)11-4-3-5-12(15)10-11/h3-5,10,13H,6-9H2,1-2H3,(H,16,19). The fourth-order valence-electron chi connectivity index (χ4n) is 2.36. The van der Waals surface area contributed by atoms with Gasteiger partial charge < -0.3 is 5.32 Å². The lowest BCUT2D eigenvalue weighted by Crippen LogP contribution is -2.49. The Bertz CT molecular complexity index is 640. The minimum Gasteiger partial charge on any atom is -0.349 e. The maximum Gasteiger partial charge on any atom is 0.281 e. The van der Waals surface area contributed by atoms with Crippen LogP contribution in [0.4, 0.5) is 4.39 Å². The quantitative estimate of drug-likeness (QED) is 0.889. The predicted molar refractivity (Wildman–Crippen MR) is 81.1 cm³/mol. The highest BCUT2D eigenvalue weighted by atomic mass is 32.2. The molecule has 2 rings (SSSR count). The number of hydrogen-bond acceptors (Lipinski definition) is 3. The Morgan fingerprint density at radius 3 is 2.50 bits per heavy atom. The summed E-state index contributed by atoms with van der Waals surface area (Å²) in [7, 11) is -0.419. The van der Waals surface area contributed by atoms with Gasteiger partial charge in [0.25, 0.3) is 16.1 Å². The van der Waals surface area contributed by atoms with Crippen LogP contribution in [0.1, 0.15) is 23.2 Å². The van der Waals surface area contributed by atoms with Crippen molar-refractivity contribution in [3.05, 3.63) is 35.6 Å². The number of benzene rings is 1. The monoisotopic (exact) mass is 329 g/mol. The molecule has 1 aromatic carbocycles. The normalized spacial score (nSPS) is 17.6. The van der Waals surface area contributed by atoms with E-state index in [1.165, 1.54) is 40.9 Å². The summed E-state index contributed by atoms with van der Waals surface area (Å²) in [6.45, 7) is 0.712. The van der Waals surface area contributed by atoms with Crippen molar-refractivity contribution in [2.45, 2.75) is 18.9 Å². The van der Waals surface area contributed by atoms with E-state index in [1.807, 2.05) is 0 Å². The Morgan fingerprint density at radius 1 is 1.32 bits per heavy atom. The van der Waals surface area contributed by atoms with E-state index in [9.17, 15) is 17.6 Å².